The van der Waals surface area contributed by atoms with Gasteiger partial charge in [0.25, 0.3) is 6.47 Å². The van der Waals surface area contributed by atoms with E-state index in [1.54, 1.807) is 0 Å². The number of fused-ring (bicyclic) bond motifs is 5. The normalized spacial score (nSPS) is 41.9. The highest BCUT2D eigenvalue weighted by Gasteiger charge is 2.58. The Labute approximate surface area is 181 Å². The summed E-state index contributed by atoms with van der Waals surface area (Å²) in [6.45, 7) is 5.72. The van der Waals surface area contributed by atoms with Gasteiger partial charge in [-0.1, -0.05) is 50.0 Å². The Bertz CT molecular complexity index is 890. The summed E-state index contributed by atoms with van der Waals surface area (Å²) < 4.78 is 5.37. The standard InChI is InChI=1S/C28H34O2/c1-27-17-15-26-24(12-10-22-18-23(30-19-29)14-16-28(22,26)2)25(27)13-11-21(27)9-8-20-6-4-3-5-7-20/h3-7,11,19,22-26H,10,12-18H2,1-2H3/t22-,23+,24+,25+,26+,27-,28+/m1/s1. The van der Waals surface area contributed by atoms with Crippen molar-refractivity contribution in [1.82, 2.24) is 0 Å². The molecule has 0 bridgehead atoms. The van der Waals surface area contributed by atoms with Gasteiger partial charge in [0.05, 0.1) is 0 Å². The quantitative estimate of drug-likeness (QED) is 0.437. The Morgan fingerprint density at radius 2 is 1.83 bits per heavy atom. The van der Waals surface area contributed by atoms with E-state index >= 15 is 0 Å². The van der Waals surface area contributed by atoms with Gasteiger partial charge < -0.3 is 4.74 Å². The monoisotopic (exact) mass is 402 g/mol. The van der Waals surface area contributed by atoms with Crippen LogP contribution >= 0.6 is 0 Å². The maximum atomic E-state index is 10.8. The molecule has 0 radical (unpaired) electrons. The molecule has 30 heavy (non-hydrogen) atoms. The summed E-state index contributed by atoms with van der Waals surface area (Å²) in [5, 5.41) is 0. The lowest BCUT2D eigenvalue weighted by Crippen LogP contribution is -2.53. The Kier molecular flexibility index (Phi) is 5.04. The van der Waals surface area contributed by atoms with Crippen molar-refractivity contribution in [3.05, 3.63) is 47.5 Å². The largest absolute Gasteiger partial charge is 0.465 e. The molecular weight excluding hydrogens is 368 g/mol. The molecule has 0 saturated heterocycles. The fourth-order valence-electron chi connectivity index (χ4n) is 7.84. The highest BCUT2D eigenvalue weighted by Crippen LogP contribution is 2.66. The first-order valence-electron chi connectivity index (χ1n) is 11.9. The SMILES string of the molecule is C[C@]12CC[C@H](OC=O)C[C@H]1CC[C@@H]1[C@@H]2CC[C@]2(C)C(C#Cc3ccccc3)=CC[C@@H]12. The Balaban J connectivity index is 1.35. The Hall–Kier alpha value is -2.01. The van der Waals surface area contributed by atoms with Gasteiger partial charge in [0.15, 0.2) is 0 Å². The minimum atomic E-state index is 0.152. The third-order valence-electron chi connectivity index (χ3n) is 9.56. The van der Waals surface area contributed by atoms with Crippen LogP contribution in [0.5, 0.6) is 0 Å². The molecule has 158 valence electrons. The zero-order chi connectivity index (χ0) is 20.8. The molecule has 1 aromatic carbocycles. The molecule has 5 rings (SSSR count). The number of carbonyl (C=O) groups is 1. The summed E-state index contributed by atoms with van der Waals surface area (Å²) in [6, 6.07) is 10.4. The van der Waals surface area contributed by atoms with Crippen LogP contribution in [0.3, 0.4) is 0 Å². The summed E-state index contributed by atoms with van der Waals surface area (Å²) in [7, 11) is 0. The lowest BCUT2D eigenvalue weighted by molar-refractivity contribution is -0.147. The van der Waals surface area contributed by atoms with E-state index in [1.165, 1.54) is 44.1 Å². The predicted octanol–water partition coefficient (Wildman–Crippen LogP) is 6.16. The number of benzene rings is 1. The highest BCUT2D eigenvalue weighted by atomic mass is 16.5. The minimum absolute atomic E-state index is 0.152. The molecule has 0 N–H and O–H groups in total. The van der Waals surface area contributed by atoms with Crippen molar-refractivity contribution in [3.8, 4) is 11.8 Å². The molecule has 4 aliphatic carbocycles. The van der Waals surface area contributed by atoms with Crippen LogP contribution in [-0.4, -0.2) is 12.6 Å². The average Bonchev–Trinajstić information content (AvgIpc) is 3.10. The second kappa shape index (κ2) is 7.60. The van der Waals surface area contributed by atoms with Gasteiger partial charge in [-0.15, -0.1) is 0 Å². The van der Waals surface area contributed by atoms with Gasteiger partial charge >= 0.3 is 0 Å². The highest BCUT2D eigenvalue weighted by molar-refractivity contribution is 5.45. The van der Waals surface area contributed by atoms with Crippen LogP contribution in [0, 0.1) is 46.3 Å². The van der Waals surface area contributed by atoms with Crippen LogP contribution in [-0.2, 0) is 9.53 Å². The van der Waals surface area contributed by atoms with Gasteiger partial charge in [-0.2, -0.15) is 0 Å². The molecule has 0 unspecified atom stereocenters. The van der Waals surface area contributed by atoms with E-state index < -0.39 is 0 Å². The first-order chi connectivity index (χ1) is 14.5. The second-order valence-electron chi connectivity index (χ2n) is 10.7. The van der Waals surface area contributed by atoms with E-state index in [-0.39, 0.29) is 11.5 Å². The maximum Gasteiger partial charge on any atom is 0.293 e. The minimum Gasteiger partial charge on any atom is -0.465 e. The molecule has 2 heteroatoms. The van der Waals surface area contributed by atoms with Crippen molar-refractivity contribution in [1.29, 1.82) is 0 Å². The topological polar surface area (TPSA) is 26.3 Å². The summed E-state index contributed by atoms with van der Waals surface area (Å²) in [6.07, 6.45) is 12.4. The number of ether oxygens (including phenoxy) is 1. The third-order valence-corrected chi connectivity index (χ3v) is 9.56. The molecule has 7 atom stereocenters. The van der Waals surface area contributed by atoms with Gasteiger partial charge in [-0.25, -0.2) is 0 Å². The number of hydrogen-bond acceptors (Lipinski definition) is 2. The van der Waals surface area contributed by atoms with Crippen molar-refractivity contribution in [2.45, 2.75) is 71.3 Å². The maximum absolute atomic E-state index is 10.8. The van der Waals surface area contributed by atoms with Crippen LogP contribution < -0.4 is 0 Å². The van der Waals surface area contributed by atoms with Gasteiger partial charge in [0.1, 0.15) is 6.10 Å². The van der Waals surface area contributed by atoms with Crippen molar-refractivity contribution in [2.24, 2.45) is 34.5 Å². The Morgan fingerprint density at radius 1 is 1.00 bits per heavy atom. The summed E-state index contributed by atoms with van der Waals surface area (Å²) in [5.41, 5.74) is 3.18. The molecule has 2 nitrogen and oxygen atoms in total. The van der Waals surface area contributed by atoms with E-state index in [4.69, 9.17) is 4.74 Å². The first-order valence-corrected chi connectivity index (χ1v) is 11.9. The lowest BCUT2D eigenvalue weighted by Gasteiger charge is -2.60. The van der Waals surface area contributed by atoms with Crippen LogP contribution in [0.25, 0.3) is 0 Å². The number of carbonyl (C=O) groups excluding carboxylic acids is 1. The fraction of sp³-hybridized carbons (Fsp3) is 0.607. The van der Waals surface area contributed by atoms with E-state index in [0.29, 0.717) is 17.8 Å². The van der Waals surface area contributed by atoms with Crippen molar-refractivity contribution >= 4 is 6.47 Å². The molecule has 0 heterocycles. The summed E-state index contributed by atoms with van der Waals surface area (Å²) in [5.74, 6) is 10.1. The smallest absolute Gasteiger partial charge is 0.293 e. The molecule has 0 aromatic heterocycles. The molecule has 1 aromatic rings. The molecule has 0 spiro atoms. The summed E-state index contributed by atoms with van der Waals surface area (Å²) in [4.78, 5) is 10.8. The van der Waals surface area contributed by atoms with E-state index in [0.717, 1.165) is 36.2 Å². The molecule has 3 saturated carbocycles. The third kappa shape index (κ3) is 3.13. The number of rotatable bonds is 2. The predicted molar refractivity (Wildman–Crippen MR) is 119 cm³/mol. The average molecular weight is 403 g/mol. The number of allylic oxidation sites excluding steroid dienone is 2. The van der Waals surface area contributed by atoms with Crippen molar-refractivity contribution < 1.29 is 9.53 Å². The van der Waals surface area contributed by atoms with Gasteiger partial charge in [0, 0.05) is 16.6 Å². The second-order valence-corrected chi connectivity index (χ2v) is 10.7. The zero-order valence-electron chi connectivity index (χ0n) is 18.4. The van der Waals surface area contributed by atoms with Crippen LogP contribution in [0.15, 0.2) is 42.0 Å². The zero-order valence-corrected chi connectivity index (χ0v) is 18.4. The van der Waals surface area contributed by atoms with Gasteiger partial charge in [-0.3, -0.25) is 4.79 Å². The van der Waals surface area contributed by atoms with Crippen LogP contribution in [0.2, 0.25) is 0 Å². The van der Waals surface area contributed by atoms with Crippen molar-refractivity contribution in [3.63, 3.8) is 0 Å². The first kappa shape index (κ1) is 19.9. The van der Waals surface area contributed by atoms with Gasteiger partial charge in [0.2, 0.25) is 0 Å². The van der Waals surface area contributed by atoms with Crippen LogP contribution in [0.4, 0.5) is 0 Å². The lowest BCUT2D eigenvalue weighted by atomic mass is 9.44. The summed E-state index contributed by atoms with van der Waals surface area (Å²) >= 11 is 0. The fourth-order valence-corrected chi connectivity index (χ4v) is 7.84. The van der Waals surface area contributed by atoms with E-state index in [2.05, 4.69) is 56.0 Å². The molecular formula is C28H34O2. The molecule has 0 amide bonds. The number of hydrogen-bond donors (Lipinski definition) is 0. The molecule has 3 fully saturated rings. The van der Waals surface area contributed by atoms with Crippen LogP contribution in [0.1, 0.15) is 70.8 Å². The van der Waals surface area contributed by atoms with Gasteiger partial charge in [-0.05, 0) is 92.6 Å². The Morgan fingerprint density at radius 3 is 2.63 bits per heavy atom. The van der Waals surface area contributed by atoms with E-state index in [9.17, 15) is 4.79 Å². The van der Waals surface area contributed by atoms with E-state index in [1.807, 2.05) is 6.07 Å². The van der Waals surface area contributed by atoms with Crippen molar-refractivity contribution in [2.75, 3.05) is 0 Å². The molecule has 4 aliphatic rings. The molecule has 0 aliphatic heterocycles.